The molecule has 1 amide bonds. The average Bonchev–Trinajstić information content (AvgIpc) is 3.19. The van der Waals surface area contributed by atoms with Gasteiger partial charge in [-0.15, -0.1) is 0 Å². The summed E-state index contributed by atoms with van der Waals surface area (Å²) in [7, 11) is 1.67. The molecule has 1 atom stereocenters. The highest BCUT2D eigenvalue weighted by Crippen LogP contribution is 2.27. The van der Waals surface area contributed by atoms with Gasteiger partial charge in [0, 0.05) is 6.54 Å². The predicted molar refractivity (Wildman–Crippen MR) is 110 cm³/mol. The maximum atomic E-state index is 12.5. The summed E-state index contributed by atoms with van der Waals surface area (Å²) in [6.07, 6.45) is 2.66. The van der Waals surface area contributed by atoms with Crippen molar-refractivity contribution in [2.75, 3.05) is 26.7 Å². The zero-order chi connectivity index (χ0) is 19.2. The Balaban J connectivity index is 1.66. The summed E-state index contributed by atoms with van der Waals surface area (Å²) >= 11 is 12.0. The smallest absolute Gasteiger partial charge is 0.224 e. The number of nitrogens with one attached hydrogen (secondary N) is 1. The van der Waals surface area contributed by atoms with Crippen molar-refractivity contribution in [2.24, 2.45) is 0 Å². The van der Waals surface area contributed by atoms with E-state index in [0.29, 0.717) is 16.6 Å². The van der Waals surface area contributed by atoms with Crippen molar-refractivity contribution < 1.29 is 9.53 Å². The largest absolute Gasteiger partial charge is 0.497 e. The fourth-order valence-electron chi connectivity index (χ4n) is 3.47. The number of hydrogen-bond donors (Lipinski definition) is 1. The Kier molecular flexibility index (Phi) is 7.00. The molecule has 1 unspecified atom stereocenters. The summed E-state index contributed by atoms with van der Waals surface area (Å²) < 4.78 is 5.36. The van der Waals surface area contributed by atoms with Crippen LogP contribution >= 0.6 is 23.2 Å². The Morgan fingerprint density at radius 2 is 1.93 bits per heavy atom. The maximum absolute atomic E-state index is 12.5. The number of methoxy groups -OCH3 is 1. The number of carbonyl (C=O) groups excluding carboxylic acids is 1. The first-order chi connectivity index (χ1) is 13.1. The number of nitrogens with zero attached hydrogens (tertiary/aromatic N) is 1. The van der Waals surface area contributed by atoms with E-state index >= 15 is 0 Å². The Labute approximate surface area is 170 Å². The third kappa shape index (κ3) is 5.38. The molecule has 1 aliphatic heterocycles. The molecular formula is C21H24Cl2N2O2. The van der Waals surface area contributed by atoms with Crippen molar-refractivity contribution in [3.8, 4) is 5.75 Å². The van der Waals surface area contributed by atoms with Crippen LogP contribution in [0.1, 0.15) is 30.0 Å². The normalized spacial score (nSPS) is 15.5. The molecule has 1 saturated heterocycles. The second-order valence-electron chi connectivity index (χ2n) is 6.76. The Morgan fingerprint density at radius 1 is 1.15 bits per heavy atom. The van der Waals surface area contributed by atoms with Gasteiger partial charge in [0.15, 0.2) is 0 Å². The topological polar surface area (TPSA) is 41.6 Å². The lowest BCUT2D eigenvalue weighted by Gasteiger charge is -2.28. The Hall–Kier alpha value is -1.75. The molecule has 1 heterocycles. The fraction of sp³-hybridized carbons (Fsp3) is 0.381. The van der Waals surface area contributed by atoms with E-state index in [0.717, 1.165) is 30.0 Å². The Morgan fingerprint density at radius 3 is 2.63 bits per heavy atom. The van der Waals surface area contributed by atoms with Crippen molar-refractivity contribution in [2.45, 2.75) is 25.3 Å². The molecule has 0 saturated carbocycles. The van der Waals surface area contributed by atoms with Crippen LogP contribution in [0, 0.1) is 0 Å². The van der Waals surface area contributed by atoms with E-state index in [9.17, 15) is 4.79 Å². The van der Waals surface area contributed by atoms with Crippen LogP contribution in [0.4, 0.5) is 0 Å². The molecule has 0 aromatic heterocycles. The molecule has 0 bridgehead atoms. The minimum Gasteiger partial charge on any atom is -0.497 e. The number of ether oxygens (including phenoxy) is 1. The minimum atomic E-state index is -0.0273. The summed E-state index contributed by atoms with van der Waals surface area (Å²) in [5.41, 5.74) is 2.01. The fourth-order valence-corrected chi connectivity index (χ4v) is 3.79. The maximum Gasteiger partial charge on any atom is 0.224 e. The highest BCUT2D eigenvalue weighted by molar-refractivity contribution is 6.42. The molecular weight excluding hydrogens is 383 g/mol. The van der Waals surface area contributed by atoms with Gasteiger partial charge < -0.3 is 10.1 Å². The van der Waals surface area contributed by atoms with Gasteiger partial charge in [0.05, 0.1) is 29.6 Å². The van der Waals surface area contributed by atoms with Crippen LogP contribution in [-0.2, 0) is 11.2 Å². The van der Waals surface area contributed by atoms with Crippen LogP contribution in [0.5, 0.6) is 5.75 Å². The Bertz CT molecular complexity index is 792. The van der Waals surface area contributed by atoms with Crippen molar-refractivity contribution in [1.82, 2.24) is 10.2 Å². The molecule has 2 aromatic rings. The van der Waals surface area contributed by atoms with Gasteiger partial charge in [-0.05, 0) is 61.3 Å². The first-order valence-electron chi connectivity index (χ1n) is 9.15. The van der Waals surface area contributed by atoms with E-state index in [-0.39, 0.29) is 18.4 Å². The quantitative estimate of drug-likeness (QED) is 0.735. The van der Waals surface area contributed by atoms with Crippen LogP contribution in [0.3, 0.4) is 0 Å². The second kappa shape index (κ2) is 9.45. The highest BCUT2D eigenvalue weighted by atomic mass is 35.5. The molecule has 3 rings (SSSR count). The first-order valence-corrected chi connectivity index (χ1v) is 9.91. The zero-order valence-corrected chi connectivity index (χ0v) is 16.9. The second-order valence-corrected chi connectivity index (χ2v) is 7.58. The summed E-state index contributed by atoms with van der Waals surface area (Å²) in [6, 6.07) is 13.5. The van der Waals surface area contributed by atoms with E-state index in [1.807, 2.05) is 24.3 Å². The molecule has 4 nitrogen and oxygen atoms in total. The molecule has 27 heavy (non-hydrogen) atoms. The summed E-state index contributed by atoms with van der Waals surface area (Å²) in [5.74, 6) is 0.805. The van der Waals surface area contributed by atoms with E-state index in [2.05, 4.69) is 16.3 Å². The van der Waals surface area contributed by atoms with Crippen molar-refractivity contribution in [3.63, 3.8) is 0 Å². The van der Waals surface area contributed by atoms with Crippen LogP contribution < -0.4 is 10.1 Å². The number of hydrogen-bond acceptors (Lipinski definition) is 3. The van der Waals surface area contributed by atoms with Crippen LogP contribution in [-0.4, -0.2) is 37.6 Å². The highest BCUT2D eigenvalue weighted by Gasteiger charge is 2.24. The van der Waals surface area contributed by atoms with Crippen LogP contribution in [0.15, 0.2) is 42.5 Å². The van der Waals surface area contributed by atoms with Gasteiger partial charge in [-0.3, -0.25) is 9.69 Å². The van der Waals surface area contributed by atoms with Gasteiger partial charge in [-0.1, -0.05) is 41.4 Å². The number of benzene rings is 2. The van der Waals surface area contributed by atoms with Gasteiger partial charge in [0.2, 0.25) is 5.91 Å². The monoisotopic (exact) mass is 406 g/mol. The van der Waals surface area contributed by atoms with E-state index in [1.54, 1.807) is 19.2 Å². The molecule has 1 fully saturated rings. The van der Waals surface area contributed by atoms with Crippen molar-refractivity contribution in [1.29, 1.82) is 0 Å². The van der Waals surface area contributed by atoms with E-state index in [4.69, 9.17) is 27.9 Å². The molecule has 0 spiro atoms. The SMILES string of the molecule is COc1cccc(C(CNC(=O)Cc2ccc(Cl)c(Cl)c2)N2CCCC2)c1. The molecule has 0 aliphatic carbocycles. The number of amides is 1. The number of halogens is 2. The van der Waals surface area contributed by atoms with Crippen molar-refractivity contribution >= 4 is 29.1 Å². The number of rotatable bonds is 7. The number of likely N-dealkylation sites (tertiary alicyclic amines) is 1. The lowest BCUT2D eigenvalue weighted by atomic mass is 10.0. The minimum absolute atomic E-state index is 0.0273. The van der Waals surface area contributed by atoms with E-state index < -0.39 is 0 Å². The average molecular weight is 407 g/mol. The van der Waals surface area contributed by atoms with E-state index in [1.165, 1.54) is 12.8 Å². The molecule has 144 valence electrons. The van der Waals surface area contributed by atoms with Crippen LogP contribution in [0.2, 0.25) is 10.0 Å². The van der Waals surface area contributed by atoms with Gasteiger partial charge in [0.1, 0.15) is 5.75 Å². The lowest BCUT2D eigenvalue weighted by molar-refractivity contribution is -0.120. The van der Waals surface area contributed by atoms with Gasteiger partial charge in [0.25, 0.3) is 0 Å². The van der Waals surface area contributed by atoms with Crippen molar-refractivity contribution in [3.05, 3.63) is 63.6 Å². The summed E-state index contributed by atoms with van der Waals surface area (Å²) in [6.45, 7) is 2.66. The van der Waals surface area contributed by atoms with Gasteiger partial charge in [-0.2, -0.15) is 0 Å². The third-order valence-electron chi connectivity index (χ3n) is 4.90. The van der Waals surface area contributed by atoms with Gasteiger partial charge >= 0.3 is 0 Å². The summed E-state index contributed by atoms with van der Waals surface area (Å²) in [5, 5.41) is 4.04. The molecule has 0 radical (unpaired) electrons. The lowest BCUT2D eigenvalue weighted by Crippen LogP contribution is -2.37. The molecule has 2 aromatic carbocycles. The summed E-state index contributed by atoms with van der Waals surface area (Å²) in [4.78, 5) is 14.9. The third-order valence-corrected chi connectivity index (χ3v) is 5.64. The van der Waals surface area contributed by atoms with Gasteiger partial charge in [-0.25, -0.2) is 0 Å². The standard InChI is InChI=1S/C21H24Cl2N2O2/c1-27-17-6-4-5-16(13-17)20(25-9-2-3-10-25)14-24-21(26)12-15-7-8-18(22)19(23)11-15/h4-8,11,13,20H,2-3,9-10,12,14H2,1H3,(H,24,26). The molecule has 1 aliphatic rings. The first kappa shape index (κ1) is 20.0. The zero-order valence-electron chi connectivity index (χ0n) is 15.4. The predicted octanol–water partition coefficient (Wildman–Crippen LogP) is 4.50. The molecule has 6 heteroatoms. The number of carbonyl (C=O) groups is 1. The van der Waals surface area contributed by atoms with Crippen LogP contribution in [0.25, 0.3) is 0 Å². The molecule has 1 N–H and O–H groups in total.